The van der Waals surface area contributed by atoms with Crippen LogP contribution in [0.15, 0.2) is 70.3 Å². The summed E-state index contributed by atoms with van der Waals surface area (Å²) in [7, 11) is 0. The number of likely N-dealkylation sites (tertiary alicyclic amines) is 1. The molecule has 16 nitrogen and oxygen atoms in total. The van der Waals surface area contributed by atoms with Gasteiger partial charge in [-0.05, 0) is 103 Å². The summed E-state index contributed by atoms with van der Waals surface area (Å²) in [4.78, 5) is 61.0. The Morgan fingerprint density at radius 3 is 2.44 bits per heavy atom. The monoisotopic (exact) mass is 842 g/mol. The van der Waals surface area contributed by atoms with Gasteiger partial charge in [-0.15, -0.1) is 0 Å². The molecule has 3 aliphatic heterocycles. The summed E-state index contributed by atoms with van der Waals surface area (Å²) in [6.07, 6.45) is 1.23. The van der Waals surface area contributed by atoms with E-state index in [0.29, 0.717) is 84.0 Å². The van der Waals surface area contributed by atoms with E-state index < -0.39 is 23.4 Å². The predicted octanol–water partition coefficient (Wildman–Crippen LogP) is 6.36. The van der Waals surface area contributed by atoms with Gasteiger partial charge < -0.3 is 39.0 Å². The van der Waals surface area contributed by atoms with Crippen LogP contribution in [0, 0.1) is 5.92 Å². The fourth-order valence-electron chi connectivity index (χ4n) is 9.06. The predicted molar refractivity (Wildman–Crippen MR) is 227 cm³/mol. The number of phenolic OH excluding ortho intramolecular Hbond substituents is 3. The number of hydrogen-bond donors (Lipinski definition) is 4. The molecule has 9 rings (SSSR count). The number of aromatic amines is 1. The fraction of sp³-hybridized carbons (Fsp3) is 0.348. The van der Waals surface area contributed by atoms with Gasteiger partial charge in [-0.2, -0.15) is 5.10 Å². The number of benzene rings is 3. The van der Waals surface area contributed by atoms with Crippen molar-refractivity contribution < 1.29 is 39.1 Å². The highest BCUT2D eigenvalue weighted by Crippen LogP contribution is 2.43. The number of aromatic hydroxyl groups is 3. The van der Waals surface area contributed by atoms with Crippen LogP contribution in [0.5, 0.6) is 23.0 Å². The molecule has 320 valence electrons. The molecule has 1 saturated heterocycles. The molecule has 0 aliphatic carbocycles. The van der Waals surface area contributed by atoms with E-state index in [1.807, 2.05) is 20.8 Å². The molecule has 1 fully saturated rings. The molecule has 0 radical (unpaired) electrons. The molecule has 62 heavy (non-hydrogen) atoms. The number of aromatic nitrogens is 5. The molecule has 3 aromatic carbocycles. The minimum Gasteiger partial charge on any atom is -0.508 e. The third-order valence-corrected chi connectivity index (χ3v) is 12.5. The molecule has 3 aliphatic rings. The van der Waals surface area contributed by atoms with Gasteiger partial charge in [0, 0.05) is 35.7 Å². The van der Waals surface area contributed by atoms with Gasteiger partial charge in [-0.3, -0.25) is 4.79 Å². The number of nitrogens with zero attached hydrogens (tertiary/aromatic N) is 5. The van der Waals surface area contributed by atoms with E-state index in [1.54, 1.807) is 71.0 Å². The summed E-state index contributed by atoms with van der Waals surface area (Å²) in [6.45, 7) is 8.67. The molecule has 0 spiro atoms. The Morgan fingerprint density at radius 1 is 0.968 bits per heavy atom. The Bertz CT molecular complexity index is 2910. The molecule has 1 unspecified atom stereocenters. The van der Waals surface area contributed by atoms with E-state index in [-0.39, 0.29) is 65.6 Å². The molecule has 6 aromatic rings. The lowest BCUT2D eigenvalue weighted by molar-refractivity contribution is -0.173. The van der Waals surface area contributed by atoms with E-state index in [4.69, 9.17) is 19.2 Å². The molecule has 4 N–H and O–H groups in total. The van der Waals surface area contributed by atoms with Crippen LogP contribution < -0.4 is 16.0 Å². The molecular formula is C46H46N6O10. The zero-order valence-electron chi connectivity index (χ0n) is 34.7. The average molecular weight is 843 g/mol. The van der Waals surface area contributed by atoms with Gasteiger partial charge in [-0.1, -0.05) is 27.7 Å². The van der Waals surface area contributed by atoms with Crippen LogP contribution in [0.25, 0.3) is 39.4 Å². The van der Waals surface area contributed by atoms with E-state index in [1.165, 1.54) is 10.6 Å². The quantitative estimate of drug-likeness (QED) is 0.117. The maximum absolute atomic E-state index is 14.1. The molecule has 16 heteroatoms. The van der Waals surface area contributed by atoms with Crippen LogP contribution in [0.4, 0.5) is 4.79 Å². The van der Waals surface area contributed by atoms with Gasteiger partial charge in [0.15, 0.2) is 5.82 Å². The van der Waals surface area contributed by atoms with E-state index in [0.717, 1.165) is 16.5 Å². The number of rotatable bonds is 9. The summed E-state index contributed by atoms with van der Waals surface area (Å²) in [5.41, 5.74) is 2.93. The second kappa shape index (κ2) is 15.4. The number of fused-ring (bicyclic) bond motifs is 5. The van der Waals surface area contributed by atoms with E-state index in [9.17, 15) is 34.5 Å². The van der Waals surface area contributed by atoms with Crippen molar-refractivity contribution in [2.45, 2.75) is 78.0 Å². The first-order valence-corrected chi connectivity index (χ1v) is 20.9. The Hall–Kier alpha value is -7.10. The SMILES string of the molecule is CCc1c2c(nc3ccc(O)cc13)-c1cc3c(c(=O)n1C2)COC(=O)C3(CC)OC(=O)N1CCC(COc2ccc(-n3c(-c4cc(C(C)C)c(O)cc4O)n[nH]c3=O)cc2)CC1. The number of amides is 1. The Kier molecular flexibility index (Phi) is 10.0. The molecule has 3 aromatic heterocycles. The molecule has 0 saturated carbocycles. The number of aryl methyl sites for hydroxylation is 1. The van der Waals surface area contributed by atoms with Crippen molar-refractivity contribution in [3.05, 3.63) is 109 Å². The van der Waals surface area contributed by atoms with Crippen LogP contribution >= 0.6 is 0 Å². The Balaban J connectivity index is 0.879. The second-order valence-corrected chi connectivity index (χ2v) is 16.4. The second-order valence-electron chi connectivity index (χ2n) is 16.4. The Labute approximate surface area is 354 Å². The first kappa shape index (κ1) is 40.3. The number of cyclic esters (lactones) is 1. The minimum atomic E-state index is -1.84. The van der Waals surface area contributed by atoms with Crippen molar-refractivity contribution in [3.8, 4) is 51.5 Å². The molecule has 0 bridgehead atoms. The summed E-state index contributed by atoms with van der Waals surface area (Å²) >= 11 is 0. The highest BCUT2D eigenvalue weighted by Gasteiger charge is 2.51. The van der Waals surface area contributed by atoms with Gasteiger partial charge in [0.25, 0.3) is 5.56 Å². The van der Waals surface area contributed by atoms with Crippen LogP contribution in [0.2, 0.25) is 0 Å². The molecule has 1 atom stereocenters. The van der Waals surface area contributed by atoms with E-state index in [2.05, 4.69) is 10.2 Å². The first-order valence-electron chi connectivity index (χ1n) is 20.9. The van der Waals surface area contributed by atoms with Crippen molar-refractivity contribution in [1.29, 1.82) is 0 Å². The summed E-state index contributed by atoms with van der Waals surface area (Å²) < 4.78 is 20.8. The maximum atomic E-state index is 14.1. The highest BCUT2D eigenvalue weighted by molar-refractivity contribution is 5.90. The number of pyridine rings is 2. The summed E-state index contributed by atoms with van der Waals surface area (Å²) in [6, 6.07) is 16.5. The third-order valence-electron chi connectivity index (χ3n) is 12.5. The fourth-order valence-corrected chi connectivity index (χ4v) is 9.06. The lowest BCUT2D eigenvalue weighted by Gasteiger charge is -2.38. The minimum absolute atomic E-state index is 0.0395. The van der Waals surface area contributed by atoms with Crippen molar-refractivity contribution in [3.63, 3.8) is 0 Å². The van der Waals surface area contributed by atoms with Crippen molar-refractivity contribution >= 4 is 23.0 Å². The van der Waals surface area contributed by atoms with Crippen LogP contribution in [-0.4, -0.2) is 76.3 Å². The normalized spacial score (nSPS) is 17.2. The third kappa shape index (κ3) is 6.60. The number of H-pyrrole nitrogens is 1. The summed E-state index contributed by atoms with van der Waals surface area (Å²) in [5.74, 6) is -0.0446. The number of phenols is 3. The van der Waals surface area contributed by atoms with Crippen LogP contribution in [0.1, 0.15) is 80.7 Å². The average Bonchev–Trinajstić information content (AvgIpc) is 3.83. The van der Waals surface area contributed by atoms with Gasteiger partial charge >= 0.3 is 17.8 Å². The van der Waals surface area contributed by atoms with Gasteiger partial charge in [0.05, 0.1) is 46.9 Å². The Morgan fingerprint density at radius 2 is 1.73 bits per heavy atom. The molecular weight excluding hydrogens is 797 g/mol. The van der Waals surface area contributed by atoms with Crippen molar-refractivity contribution in [2.75, 3.05) is 19.7 Å². The number of hydrogen-bond acceptors (Lipinski definition) is 12. The van der Waals surface area contributed by atoms with E-state index >= 15 is 0 Å². The number of nitrogens with one attached hydrogen (secondary N) is 1. The zero-order valence-corrected chi connectivity index (χ0v) is 34.7. The molecule has 6 heterocycles. The largest absolute Gasteiger partial charge is 0.508 e. The number of esters is 1. The van der Waals surface area contributed by atoms with Crippen molar-refractivity contribution in [2.24, 2.45) is 5.92 Å². The number of ether oxygens (including phenoxy) is 3. The van der Waals surface area contributed by atoms with Crippen molar-refractivity contribution in [1.82, 2.24) is 29.2 Å². The zero-order chi connectivity index (χ0) is 43.6. The molecule has 1 amide bonds. The van der Waals surface area contributed by atoms with Gasteiger partial charge in [0.2, 0.25) is 5.60 Å². The number of piperidine rings is 1. The highest BCUT2D eigenvalue weighted by atomic mass is 16.6. The maximum Gasteiger partial charge on any atom is 0.411 e. The summed E-state index contributed by atoms with van der Waals surface area (Å²) in [5, 5.41) is 38.6. The van der Waals surface area contributed by atoms with Gasteiger partial charge in [0.1, 0.15) is 29.6 Å². The lowest BCUT2D eigenvalue weighted by atomic mass is 9.85. The number of carbonyl (C=O) groups is 2. The van der Waals surface area contributed by atoms with Gasteiger partial charge in [-0.25, -0.2) is 29.0 Å². The van der Waals surface area contributed by atoms with Crippen LogP contribution in [-0.2, 0) is 39.4 Å². The first-order chi connectivity index (χ1) is 29.8. The smallest absolute Gasteiger partial charge is 0.411 e. The van der Waals surface area contributed by atoms with Crippen LogP contribution in [0.3, 0.4) is 0 Å². The topological polar surface area (TPSA) is 211 Å². The number of carbonyl (C=O) groups excluding carboxylic acids is 2. The lowest BCUT2D eigenvalue weighted by Crippen LogP contribution is -2.50. The standard InChI is InChI=1S/C46H46N6O10/c1-5-29-31-17-27(53)9-12-36(31)47-40-33(29)21-51-37(40)19-35-34(42(51)56)23-61-43(57)46(35,6-2)62-45(59)50-15-13-25(14-16-50)22-60-28-10-7-26(8-11-28)52-41(48-49-44(52)58)32-18-30(24(3)4)38(54)20-39(32)55/h7-12,17-20,24-25,53-55H,5-6,13-16,21-23H2,1-4H3,(H,49,58).